The highest BCUT2D eigenvalue weighted by Crippen LogP contribution is 2.39. The maximum Gasteiger partial charge on any atom is 0.222 e. The molecule has 4 rings (SSSR count). The third-order valence-corrected chi connectivity index (χ3v) is 8.46. The Morgan fingerprint density at radius 2 is 1.46 bits per heavy atom. The van der Waals surface area contributed by atoms with E-state index in [1.165, 1.54) is 67.9 Å². The largest absolute Gasteiger partial charge is 0.486 e. The minimum atomic E-state index is -0.918. The number of nitrogens with zero attached hydrogens (tertiary/aromatic N) is 1. The Morgan fingerprint density at radius 3 is 2.07 bits per heavy atom. The summed E-state index contributed by atoms with van der Waals surface area (Å²) in [4.78, 5) is 13.1. The number of hydrogen-bond donors (Lipinski definition) is 0. The van der Waals surface area contributed by atoms with Crippen molar-refractivity contribution in [2.75, 3.05) is 20.2 Å². The zero-order chi connectivity index (χ0) is 29.4. The van der Waals surface area contributed by atoms with Crippen LogP contribution in [0.1, 0.15) is 83.1 Å². The van der Waals surface area contributed by atoms with E-state index in [9.17, 15) is 13.6 Å². The van der Waals surface area contributed by atoms with Crippen molar-refractivity contribution < 1.29 is 22.7 Å². The lowest BCUT2D eigenvalue weighted by molar-refractivity contribution is -0.129. The quantitative estimate of drug-likeness (QED) is 0.205. The summed E-state index contributed by atoms with van der Waals surface area (Å²) in [6.07, 6.45) is 10.7. The summed E-state index contributed by atoms with van der Waals surface area (Å²) in [7, 11) is 1.60. The molecule has 1 fully saturated rings. The van der Waals surface area contributed by atoms with Crippen LogP contribution in [0.4, 0.5) is 13.2 Å². The number of likely N-dealkylation sites (N-methyl/N-ethyl adjacent to an activating group) is 1. The zero-order valence-electron chi connectivity index (χ0n) is 24.5. The number of rotatable bonds is 12. The van der Waals surface area contributed by atoms with Gasteiger partial charge in [0.2, 0.25) is 5.91 Å². The van der Waals surface area contributed by atoms with E-state index in [-0.39, 0.29) is 30.2 Å². The maximum atomic E-state index is 15.2. The summed E-state index contributed by atoms with van der Waals surface area (Å²) in [5.41, 5.74) is 3.16. The van der Waals surface area contributed by atoms with Crippen molar-refractivity contribution in [2.24, 2.45) is 5.92 Å². The van der Waals surface area contributed by atoms with E-state index in [0.717, 1.165) is 23.6 Å². The van der Waals surface area contributed by atoms with E-state index in [1.807, 2.05) is 12.1 Å². The molecule has 1 aliphatic carbocycles. The molecular weight excluding hydrogens is 523 g/mol. The fraction of sp³-hybridized carbons (Fsp3) is 0.457. The Labute approximate surface area is 242 Å². The van der Waals surface area contributed by atoms with Gasteiger partial charge in [0.05, 0.1) is 6.54 Å². The molecule has 0 heterocycles. The lowest BCUT2D eigenvalue weighted by Crippen LogP contribution is -2.30. The first-order valence-corrected chi connectivity index (χ1v) is 15.1. The molecule has 1 amide bonds. The Bertz CT molecular complexity index is 1280. The molecule has 0 unspecified atom stereocenters. The molecule has 0 aliphatic heterocycles. The van der Waals surface area contributed by atoms with Gasteiger partial charge in [-0.25, -0.2) is 13.2 Å². The first kappa shape index (κ1) is 30.7. The molecule has 0 aromatic heterocycles. The Balaban J connectivity index is 1.39. The van der Waals surface area contributed by atoms with Gasteiger partial charge in [-0.1, -0.05) is 75.9 Å². The molecule has 3 aromatic rings. The second-order valence-electron chi connectivity index (χ2n) is 11.3. The van der Waals surface area contributed by atoms with E-state index in [2.05, 4.69) is 19.1 Å². The molecule has 3 aromatic carbocycles. The number of carbonyl (C=O) groups is 1. The first-order valence-electron chi connectivity index (χ1n) is 15.1. The summed E-state index contributed by atoms with van der Waals surface area (Å²) >= 11 is 0. The fourth-order valence-corrected chi connectivity index (χ4v) is 5.88. The number of unbranched alkanes of at least 4 members (excludes halogenated alkanes) is 2. The molecular formula is C35H42F3NO2. The molecule has 1 saturated carbocycles. The number of hydrogen-bond acceptors (Lipinski definition) is 2. The average Bonchev–Trinajstić information content (AvgIpc) is 2.98. The van der Waals surface area contributed by atoms with Crippen LogP contribution in [0.15, 0.2) is 54.6 Å². The summed E-state index contributed by atoms with van der Waals surface area (Å²) < 4.78 is 49.9. The molecule has 3 nitrogen and oxygen atoms in total. The lowest BCUT2D eigenvalue weighted by atomic mass is 9.77. The summed E-state index contributed by atoms with van der Waals surface area (Å²) in [6, 6.07) is 15.3. The van der Waals surface area contributed by atoms with E-state index in [4.69, 9.17) is 4.74 Å². The summed E-state index contributed by atoms with van der Waals surface area (Å²) in [6.45, 7) is 4.13. The standard InChI is InChI=1S/C35H42F3NO2/c1-4-6-7-8-24-9-11-25(12-10-24)26-13-15-27(16-14-26)28-17-18-30(31(36)21-28)29-22-32(37)35(33(38)23-29)41-20-19-39(3)34(40)5-2/h13-18,21-25H,4-12,19-20H2,1-3H3. The number of ether oxygens (including phenoxy) is 1. The normalized spacial score (nSPS) is 16.9. The smallest absolute Gasteiger partial charge is 0.222 e. The Hall–Kier alpha value is -3.28. The monoisotopic (exact) mass is 565 g/mol. The third-order valence-electron chi connectivity index (χ3n) is 8.46. The molecule has 220 valence electrons. The van der Waals surface area contributed by atoms with Gasteiger partial charge in [-0.15, -0.1) is 0 Å². The maximum absolute atomic E-state index is 15.2. The molecule has 1 aliphatic rings. The van der Waals surface area contributed by atoms with Gasteiger partial charge in [-0.3, -0.25) is 4.79 Å². The van der Waals surface area contributed by atoms with Gasteiger partial charge in [-0.2, -0.15) is 0 Å². The average molecular weight is 566 g/mol. The van der Waals surface area contributed by atoms with E-state index in [1.54, 1.807) is 26.1 Å². The lowest BCUT2D eigenvalue weighted by Gasteiger charge is -2.29. The first-order chi connectivity index (χ1) is 19.8. The van der Waals surface area contributed by atoms with Gasteiger partial charge < -0.3 is 9.64 Å². The Kier molecular flexibility index (Phi) is 10.9. The van der Waals surface area contributed by atoms with E-state index in [0.29, 0.717) is 17.9 Å². The molecule has 6 heteroatoms. The van der Waals surface area contributed by atoms with Gasteiger partial charge in [0.15, 0.2) is 17.4 Å². The van der Waals surface area contributed by atoms with Crippen LogP contribution in [-0.2, 0) is 4.79 Å². The van der Waals surface area contributed by atoms with Crippen molar-refractivity contribution in [1.29, 1.82) is 0 Å². The minimum absolute atomic E-state index is 0.0579. The van der Waals surface area contributed by atoms with Crippen LogP contribution in [0, 0.1) is 23.4 Å². The van der Waals surface area contributed by atoms with E-state index < -0.39 is 23.2 Å². The predicted octanol–water partition coefficient (Wildman–Crippen LogP) is 9.54. The highest BCUT2D eigenvalue weighted by molar-refractivity contribution is 5.75. The molecule has 0 N–H and O–H groups in total. The van der Waals surface area contributed by atoms with Crippen LogP contribution in [0.3, 0.4) is 0 Å². The van der Waals surface area contributed by atoms with Crippen molar-refractivity contribution in [3.05, 3.63) is 77.6 Å². The van der Waals surface area contributed by atoms with Gasteiger partial charge in [0.1, 0.15) is 12.4 Å². The predicted molar refractivity (Wildman–Crippen MR) is 159 cm³/mol. The summed E-state index contributed by atoms with van der Waals surface area (Å²) in [5.74, 6) is -1.56. The minimum Gasteiger partial charge on any atom is -0.486 e. The fourth-order valence-electron chi connectivity index (χ4n) is 5.88. The van der Waals surface area contributed by atoms with Crippen molar-refractivity contribution in [2.45, 2.75) is 77.6 Å². The highest BCUT2D eigenvalue weighted by Gasteiger charge is 2.22. The molecule has 0 atom stereocenters. The molecule has 0 radical (unpaired) electrons. The van der Waals surface area contributed by atoms with Gasteiger partial charge in [-0.05, 0) is 78.0 Å². The van der Waals surface area contributed by atoms with Crippen LogP contribution >= 0.6 is 0 Å². The zero-order valence-corrected chi connectivity index (χ0v) is 24.5. The second kappa shape index (κ2) is 14.6. The van der Waals surface area contributed by atoms with Gasteiger partial charge in [0, 0.05) is 19.0 Å². The van der Waals surface area contributed by atoms with Crippen molar-refractivity contribution >= 4 is 5.91 Å². The third kappa shape index (κ3) is 7.93. The second-order valence-corrected chi connectivity index (χ2v) is 11.3. The SMILES string of the molecule is CCCCCC1CCC(c2ccc(-c3ccc(-c4cc(F)c(OCCN(C)C(=O)CC)c(F)c4)c(F)c3)cc2)CC1. The number of benzene rings is 3. The topological polar surface area (TPSA) is 29.5 Å². The molecule has 0 spiro atoms. The highest BCUT2D eigenvalue weighted by atomic mass is 19.1. The van der Waals surface area contributed by atoms with E-state index >= 15 is 4.39 Å². The number of amides is 1. The van der Waals surface area contributed by atoms with Crippen LogP contribution in [0.5, 0.6) is 5.75 Å². The van der Waals surface area contributed by atoms with Crippen molar-refractivity contribution in [3.63, 3.8) is 0 Å². The van der Waals surface area contributed by atoms with Crippen LogP contribution < -0.4 is 4.74 Å². The van der Waals surface area contributed by atoms with Gasteiger partial charge in [0.25, 0.3) is 0 Å². The van der Waals surface area contributed by atoms with Gasteiger partial charge >= 0.3 is 0 Å². The van der Waals surface area contributed by atoms with Crippen molar-refractivity contribution in [1.82, 2.24) is 4.90 Å². The Morgan fingerprint density at radius 1 is 0.829 bits per heavy atom. The van der Waals surface area contributed by atoms with Crippen LogP contribution in [0.25, 0.3) is 22.3 Å². The molecule has 0 saturated heterocycles. The number of carbonyl (C=O) groups excluding carboxylic acids is 1. The van der Waals surface area contributed by atoms with Crippen molar-refractivity contribution in [3.8, 4) is 28.0 Å². The molecule has 0 bridgehead atoms. The number of halogens is 3. The summed E-state index contributed by atoms with van der Waals surface area (Å²) in [5, 5.41) is 0. The van der Waals surface area contributed by atoms with Crippen LogP contribution in [-0.4, -0.2) is 31.0 Å². The molecule has 41 heavy (non-hydrogen) atoms. The van der Waals surface area contributed by atoms with Crippen LogP contribution in [0.2, 0.25) is 0 Å².